The molecule has 0 fully saturated rings. The number of halogens is 2. The Morgan fingerprint density at radius 3 is 2.50 bits per heavy atom. The maximum absolute atomic E-state index is 12.1. The maximum Gasteiger partial charge on any atom is 0.246 e. The van der Waals surface area contributed by atoms with E-state index >= 15 is 0 Å². The molecule has 2 aromatic rings. The smallest absolute Gasteiger partial charge is 0.246 e. The first kappa shape index (κ1) is 14.9. The largest absolute Gasteiger partial charge is 0.374 e. The lowest BCUT2D eigenvalue weighted by Crippen LogP contribution is -2.31. The highest BCUT2D eigenvalue weighted by molar-refractivity contribution is 9.10. The van der Waals surface area contributed by atoms with Crippen LogP contribution in [0.25, 0.3) is 0 Å². The van der Waals surface area contributed by atoms with Crippen LogP contribution >= 0.6 is 27.5 Å². The molecule has 1 amide bonds. The van der Waals surface area contributed by atoms with Gasteiger partial charge in [-0.25, -0.2) is 0 Å². The summed E-state index contributed by atoms with van der Waals surface area (Å²) in [5.41, 5.74) is 1.58. The molecule has 0 aliphatic rings. The summed E-state index contributed by atoms with van der Waals surface area (Å²) in [5.74, 6) is -0.116. The van der Waals surface area contributed by atoms with Crippen molar-refractivity contribution in [2.75, 3.05) is 10.6 Å². The molecule has 2 N–H and O–H groups in total. The second kappa shape index (κ2) is 6.77. The number of carbonyl (C=O) groups excluding carboxylic acids is 1. The van der Waals surface area contributed by atoms with Crippen molar-refractivity contribution in [2.24, 2.45) is 0 Å². The molecule has 5 heteroatoms. The summed E-state index contributed by atoms with van der Waals surface area (Å²) < 4.78 is 0.999. The van der Waals surface area contributed by atoms with Crippen LogP contribution in [0.5, 0.6) is 0 Å². The van der Waals surface area contributed by atoms with E-state index < -0.39 is 0 Å². The minimum Gasteiger partial charge on any atom is -0.374 e. The molecule has 20 heavy (non-hydrogen) atoms. The lowest BCUT2D eigenvalue weighted by atomic mass is 10.2. The predicted octanol–water partition coefficient (Wildman–Crippen LogP) is 4.54. The molecular formula is C15H14BrClN2O. The highest BCUT2D eigenvalue weighted by Crippen LogP contribution is 2.17. The average Bonchev–Trinajstić information content (AvgIpc) is 2.41. The van der Waals surface area contributed by atoms with Crippen molar-refractivity contribution in [3.05, 3.63) is 58.0 Å². The number of benzene rings is 2. The second-order valence-corrected chi connectivity index (χ2v) is 5.72. The molecule has 0 unspecified atom stereocenters. The van der Waals surface area contributed by atoms with Crippen LogP contribution in [0.15, 0.2) is 53.0 Å². The summed E-state index contributed by atoms with van der Waals surface area (Å²) >= 11 is 9.25. The molecule has 104 valence electrons. The van der Waals surface area contributed by atoms with Crippen molar-refractivity contribution in [1.82, 2.24) is 0 Å². The van der Waals surface area contributed by atoms with Crippen molar-refractivity contribution in [3.8, 4) is 0 Å². The first-order chi connectivity index (χ1) is 9.54. The van der Waals surface area contributed by atoms with E-state index in [-0.39, 0.29) is 11.9 Å². The minimum absolute atomic E-state index is 0.116. The first-order valence-electron chi connectivity index (χ1n) is 6.13. The zero-order valence-corrected chi connectivity index (χ0v) is 13.2. The quantitative estimate of drug-likeness (QED) is 0.847. The fourth-order valence-electron chi connectivity index (χ4n) is 1.68. The molecule has 0 aromatic heterocycles. The molecule has 0 saturated heterocycles. The zero-order valence-electron chi connectivity index (χ0n) is 10.9. The van der Waals surface area contributed by atoms with Gasteiger partial charge < -0.3 is 10.6 Å². The zero-order chi connectivity index (χ0) is 14.5. The summed E-state index contributed by atoms with van der Waals surface area (Å²) in [7, 11) is 0. The molecule has 1 atom stereocenters. The van der Waals surface area contributed by atoms with Gasteiger partial charge in [0.2, 0.25) is 5.91 Å². The standard InChI is InChI=1S/C15H14BrClN2O/c1-10(18-13-7-5-11(16)6-8-13)15(20)19-14-4-2-3-12(17)9-14/h2-10,18H,1H3,(H,19,20)/t10-/m1/s1. The summed E-state index contributed by atoms with van der Waals surface area (Å²) in [6.07, 6.45) is 0. The third-order valence-electron chi connectivity index (χ3n) is 2.71. The number of rotatable bonds is 4. The van der Waals surface area contributed by atoms with E-state index in [1.54, 1.807) is 24.3 Å². The van der Waals surface area contributed by atoms with Crippen LogP contribution in [0.2, 0.25) is 5.02 Å². The summed E-state index contributed by atoms with van der Waals surface area (Å²) in [5, 5.41) is 6.55. The Labute approximate surface area is 131 Å². The molecule has 0 radical (unpaired) electrons. The summed E-state index contributed by atoms with van der Waals surface area (Å²) in [6.45, 7) is 1.81. The molecule has 0 aliphatic heterocycles. The van der Waals surface area contributed by atoms with Crippen molar-refractivity contribution in [1.29, 1.82) is 0 Å². The number of hydrogen-bond donors (Lipinski definition) is 2. The fraction of sp³-hybridized carbons (Fsp3) is 0.133. The van der Waals surface area contributed by atoms with Crippen molar-refractivity contribution in [2.45, 2.75) is 13.0 Å². The van der Waals surface area contributed by atoms with E-state index in [1.165, 1.54) is 0 Å². The SMILES string of the molecule is C[C@@H](Nc1ccc(Br)cc1)C(=O)Nc1cccc(Cl)c1. The molecule has 2 aromatic carbocycles. The van der Waals surface area contributed by atoms with Crippen LogP contribution in [0, 0.1) is 0 Å². The van der Waals surface area contributed by atoms with Gasteiger partial charge in [0.25, 0.3) is 0 Å². The van der Waals surface area contributed by atoms with Gasteiger partial charge >= 0.3 is 0 Å². The third kappa shape index (κ3) is 4.25. The lowest BCUT2D eigenvalue weighted by molar-refractivity contribution is -0.116. The molecule has 3 nitrogen and oxygen atoms in total. The topological polar surface area (TPSA) is 41.1 Å². The summed E-state index contributed by atoms with van der Waals surface area (Å²) in [6, 6.07) is 14.4. The van der Waals surface area contributed by atoms with Gasteiger partial charge in [0.15, 0.2) is 0 Å². The Bertz CT molecular complexity index is 601. The second-order valence-electron chi connectivity index (χ2n) is 4.37. The van der Waals surface area contributed by atoms with Crippen LogP contribution in [-0.4, -0.2) is 11.9 Å². The molecule has 0 aliphatic carbocycles. The Balaban J connectivity index is 1.96. The van der Waals surface area contributed by atoms with Gasteiger partial charge in [-0.1, -0.05) is 33.6 Å². The number of amides is 1. The van der Waals surface area contributed by atoms with Gasteiger partial charge in [0.05, 0.1) is 0 Å². The van der Waals surface area contributed by atoms with Crippen LogP contribution in [0.4, 0.5) is 11.4 Å². The van der Waals surface area contributed by atoms with Crippen molar-refractivity contribution < 1.29 is 4.79 Å². The highest BCUT2D eigenvalue weighted by Gasteiger charge is 2.12. The van der Waals surface area contributed by atoms with E-state index in [0.29, 0.717) is 10.7 Å². The summed E-state index contributed by atoms with van der Waals surface area (Å²) in [4.78, 5) is 12.1. The average molecular weight is 354 g/mol. The van der Waals surface area contributed by atoms with Gasteiger partial charge in [-0.2, -0.15) is 0 Å². The van der Waals surface area contributed by atoms with Gasteiger partial charge in [-0.3, -0.25) is 4.79 Å². The number of carbonyl (C=O) groups is 1. The van der Waals surface area contributed by atoms with Crippen LogP contribution in [-0.2, 0) is 4.79 Å². The van der Waals surface area contributed by atoms with Crippen molar-refractivity contribution >= 4 is 44.8 Å². The van der Waals surface area contributed by atoms with Crippen LogP contribution < -0.4 is 10.6 Å². The fourth-order valence-corrected chi connectivity index (χ4v) is 2.13. The van der Waals surface area contributed by atoms with E-state index in [2.05, 4.69) is 26.6 Å². The van der Waals surface area contributed by atoms with E-state index in [1.807, 2.05) is 31.2 Å². The molecule has 0 spiro atoms. The molecule has 0 heterocycles. The lowest BCUT2D eigenvalue weighted by Gasteiger charge is -2.15. The van der Waals surface area contributed by atoms with Crippen molar-refractivity contribution in [3.63, 3.8) is 0 Å². The van der Waals surface area contributed by atoms with Gasteiger partial charge in [-0.15, -0.1) is 0 Å². The van der Waals surface area contributed by atoms with Gasteiger partial charge in [-0.05, 0) is 49.4 Å². The Morgan fingerprint density at radius 1 is 1.15 bits per heavy atom. The van der Waals surface area contributed by atoms with E-state index in [9.17, 15) is 4.79 Å². The van der Waals surface area contributed by atoms with Gasteiger partial charge in [0.1, 0.15) is 6.04 Å². The molecular weight excluding hydrogens is 340 g/mol. The third-order valence-corrected chi connectivity index (χ3v) is 3.48. The number of nitrogens with one attached hydrogen (secondary N) is 2. The Hall–Kier alpha value is -1.52. The van der Waals surface area contributed by atoms with Crippen LogP contribution in [0.1, 0.15) is 6.92 Å². The molecule has 0 bridgehead atoms. The van der Waals surface area contributed by atoms with E-state index in [0.717, 1.165) is 10.2 Å². The highest BCUT2D eigenvalue weighted by atomic mass is 79.9. The Kier molecular flexibility index (Phi) is 5.04. The molecule has 2 rings (SSSR count). The Morgan fingerprint density at radius 2 is 1.85 bits per heavy atom. The number of anilines is 2. The minimum atomic E-state index is -0.352. The predicted molar refractivity (Wildman–Crippen MR) is 87.3 cm³/mol. The first-order valence-corrected chi connectivity index (χ1v) is 7.30. The molecule has 0 saturated carbocycles. The normalized spacial score (nSPS) is 11.8. The van der Waals surface area contributed by atoms with Crippen LogP contribution in [0.3, 0.4) is 0 Å². The number of hydrogen-bond acceptors (Lipinski definition) is 2. The maximum atomic E-state index is 12.1. The monoisotopic (exact) mass is 352 g/mol. The van der Waals surface area contributed by atoms with Gasteiger partial charge in [0, 0.05) is 20.9 Å². The van der Waals surface area contributed by atoms with E-state index in [4.69, 9.17) is 11.6 Å².